The van der Waals surface area contributed by atoms with E-state index in [1.54, 1.807) is 0 Å². The molecule has 8 rings (SSSR count). The van der Waals surface area contributed by atoms with E-state index >= 15 is 0 Å². The molecule has 0 amide bonds. The van der Waals surface area contributed by atoms with Gasteiger partial charge in [0.1, 0.15) is 11.2 Å². The molecule has 0 spiro atoms. The number of furan rings is 1. The van der Waals surface area contributed by atoms with Gasteiger partial charge >= 0.3 is 0 Å². The smallest absolute Gasteiger partial charge is 0.154 e. The fourth-order valence-corrected chi connectivity index (χ4v) is 6.10. The molecule has 0 aliphatic rings. The minimum absolute atomic E-state index is 0.554. The van der Waals surface area contributed by atoms with Crippen molar-refractivity contribution in [2.75, 3.05) is 0 Å². The predicted molar refractivity (Wildman–Crippen MR) is 180 cm³/mol. The zero-order valence-corrected chi connectivity index (χ0v) is 23.4. The summed E-state index contributed by atoms with van der Waals surface area (Å²) < 4.78 is 8.40. The first-order chi connectivity index (χ1) is 21.3. The predicted octanol–water partition coefficient (Wildman–Crippen LogP) is 10.00. The second-order valence-corrected chi connectivity index (χ2v) is 10.7. The maximum absolute atomic E-state index is 6.07. The first kappa shape index (κ1) is 25.0. The van der Waals surface area contributed by atoms with Crippen molar-refractivity contribution in [2.45, 2.75) is 6.54 Å². The van der Waals surface area contributed by atoms with Crippen molar-refractivity contribution in [3.05, 3.63) is 151 Å². The lowest BCUT2D eigenvalue weighted by molar-refractivity contribution is 0.669. The van der Waals surface area contributed by atoms with Gasteiger partial charge in [-0.2, -0.15) is 0 Å². The fourth-order valence-electron chi connectivity index (χ4n) is 6.10. The van der Waals surface area contributed by atoms with Crippen LogP contribution < -0.4 is 0 Å². The Labute approximate surface area is 248 Å². The Morgan fingerprint density at radius 3 is 2.14 bits per heavy atom. The van der Waals surface area contributed by atoms with E-state index < -0.39 is 0 Å². The Kier molecular flexibility index (Phi) is 5.97. The topological polar surface area (TPSA) is 42.8 Å². The molecular weight excluding hydrogens is 526 g/mol. The van der Waals surface area contributed by atoms with Gasteiger partial charge in [0.2, 0.25) is 0 Å². The minimum Gasteiger partial charge on any atom is -0.456 e. The normalized spacial score (nSPS) is 12.0. The van der Waals surface area contributed by atoms with Crippen LogP contribution in [0.5, 0.6) is 0 Å². The van der Waals surface area contributed by atoms with Gasteiger partial charge in [-0.15, -0.1) is 0 Å². The maximum atomic E-state index is 6.07. The lowest BCUT2D eigenvalue weighted by Crippen LogP contribution is -2.01. The number of benzene rings is 6. The average Bonchev–Trinajstić information content (AvgIpc) is 3.61. The van der Waals surface area contributed by atoms with Gasteiger partial charge in [0.05, 0.1) is 17.6 Å². The third kappa shape index (κ3) is 4.32. The number of rotatable bonds is 5. The third-order valence-electron chi connectivity index (χ3n) is 8.15. The van der Waals surface area contributed by atoms with Crippen molar-refractivity contribution in [2.24, 2.45) is 9.98 Å². The van der Waals surface area contributed by atoms with E-state index in [0.29, 0.717) is 12.4 Å². The second kappa shape index (κ2) is 10.3. The van der Waals surface area contributed by atoms with E-state index in [4.69, 9.17) is 9.41 Å². The van der Waals surface area contributed by atoms with Crippen LogP contribution in [0.4, 0.5) is 0 Å². The zero-order valence-electron chi connectivity index (χ0n) is 23.4. The fraction of sp³-hybridized carbons (Fsp3) is 0.0256. The lowest BCUT2D eigenvalue weighted by atomic mass is 10.0. The molecule has 0 aliphatic carbocycles. The van der Waals surface area contributed by atoms with Crippen LogP contribution in [0.1, 0.15) is 11.1 Å². The van der Waals surface area contributed by atoms with Crippen molar-refractivity contribution < 1.29 is 4.42 Å². The summed E-state index contributed by atoms with van der Waals surface area (Å²) in [6.07, 6.45) is 0. The average molecular weight is 554 g/mol. The summed E-state index contributed by atoms with van der Waals surface area (Å²) in [5.41, 5.74) is 9.57. The van der Waals surface area contributed by atoms with Crippen molar-refractivity contribution in [3.8, 4) is 16.8 Å². The lowest BCUT2D eigenvalue weighted by Gasteiger charge is -2.10. The molecule has 0 radical (unpaired) electrons. The van der Waals surface area contributed by atoms with Crippen LogP contribution in [0.15, 0.2) is 154 Å². The number of aromatic nitrogens is 1. The molecule has 43 heavy (non-hydrogen) atoms. The van der Waals surface area contributed by atoms with Crippen LogP contribution >= 0.6 is 0 Å². The van der Waals surface area contributed by atoms with Crippen LogP contribution in [0.2, 0.25) is 0 Å². The van der Waals surface area contributed by atoms with Gasteiger partial charge in [-0.3, -0.25) is 4.99 Å². The molecule has 0 unspecified atom stereocenters. The van der Waals surface area contributed by atoms with Crippen LogP contribution in [0.3, 0.4) is 0 Å². The Hall–Kier alpha value is -5.74. The van der Waals surface area contributed by atoms with Gasteiger partial charge in [0, 0.05) is 32.8 Å². The van der Waals surface area contributed by atoms with Gasteiger partial charge in [-0.1, -0.05) is 91.0 Å². The maximum Gasteiger partial charge on any atom is 0.154 e. The number of hydrogen-bond acceptors (Lipinski definition) is 2. The standard InChI is InChI=1S/C39H27N3O/c1-40-39(41-25-26-10-3-2-4-11-26)29-12-9-13-30(22-29)42-35-16-7-5-14-31(35)33-23-27(18-20-36(33)42)28-19-21-38-34(24-28)32-15-6-8-17-37(32)43-38/h2-24H,1,25H2. The number of hydrogen-bond donors (Lipinski definition) is 0. The van der Waals surface area contributed by atoms with Crippen molar-refractivity contribution in [1.29, 1.82) is 0 Å². The molecule has 0 bridgehead atoms. The van der Waals surface area contributed by atoms with Crippen LogP contribution in [0, 0.1) is 0 Å². The Morgan fingerprint density at radius 2 is 1.28 bits per heavy atom. The molecule has 0 saturated heterocycles. The number of aliphatic imine (C=N–C) groups is 2. The van der Waals surface area contributed by atoms with E-state index in [1.807, 2.05) is 36.4 Å². The van der Waals surface area contributed by atoms with Crippen LogP contribution in [0.25, 0.3) is 60.6 Å². The molecule has 8 aromatic rings. The summed E-state index contributed by atoms with van der Waals surface area (Å²) >= 11 is 0. The largest absolute Gasteiger partial charge is 0.456 e. The molecule has 0 N–H and O–H groups in total. The molecule has 4 nitrogen and oxygen atoms in total. The summed E-state index contributed by atoms with van der Waals surface area (Å²) in [7, 11) is 0. The SMILES string of the molecule is C=NC(=NCc1ccccc1)c1cccc(-n2c3ccccc3c3cc(-c4ccc5oc6ccccc6c5c4)ccc32)c1. The molecular formula is C39H27N3O. The highest BCUT2D eigenvalue weighted by atomic mass is 16.3. The Morgan fingerprint density at radius 1 is 0.581 bits per heavy atom. The molecule has 4 heteroatoms. The number of para-hydroxylation sites is 2. The molecule has 0 atom stereocenters. The highest BCUT2D eigenvalue weighted by Gasteiger charge is 2.15. The summed E-state index contributed by atoms with van der Waals surface area (Å²) in [6, 6.07) is 48.6. The molecule has 0 aliphatic heterocycles. The second-order valence-electron chi connectivity index (χ2n) is 10.7. The molecule has 0 saturated carbocycles. The van der Waals surface area contributed by atoms with Gasteiger partial charge in [-0.25, -0.2) is 4.99 Å². The first-order valence-electron chi connectivity index (χ1n) is 14.4. The molecule has 0 fully saturated rings. The van der Waals surface area contributed by atoms with Gasteiger partial charge < -0.3 is 8.98 Å². The van der Waals surface area contributed by atoms with E-state index in [1.165, 1.54) is 16.3 Å². The highest BCUT2D eigenvalue weighted by molar-refractivity contribution is 6.11. The van der Waals surface area contributed by atoms with Crippen molar-refractivity contribution in [1.82, 2.24) is 4.57 Å². The third-order valence-corrected chi connectivity index (χ3v) is 8.15. The van der Waals surface area contributed by atoms with Crippen molar-refractivity contribution in [3.63, 3.8) is 0 Å². The molecule has 2 heterocycles. The Bertz CT molecular complexity index is 2340. The van der Waals surface area contributed by atoms with Gasteiger partial charge in [0.15, 0.2) is 5.84 Å². The number of amidine groups is 1. The summed E-state index contributed by atoms with van der Waals surface area (Å²) in [5, 5.41) is 4.68. The minimum atomic E-state index is 0.554. The van der Waals surface area contributed by atoms with E-state index in [0.717, 1.165) is 55.3 Å². The number of fused-ring (bicyclic) bond motifs is 6. The molecule has 204 valence electrons. The summed E-state index contributed by atoms with van der Waals surface area (Å²) in [6.45, 7) is 4.37. The van der Waals surface area contributed by atoms with Gasteiger partial charge in [-0.05, 0) is 71.9 Å². The molecule has 6 aromatic carbocycles. The molecule has 2 aromatic heterocycles. The van der Waals surface area contributed by atoms with Crippen LogP contribution in [-0.4, -0.2) is 17.1 Å². The summed E-state index contributed by atoms with van der Waals surface area (Å²) in [5.74, 6) is 0.635. The number of nitrogens with zero attached hydrogens (tertiary/aromatic N) is 3. The van der Waals surface area contributed by atoms with E-state index in [-0.39, 0.29) is 0 Å². The van der Waals surface area contributed by atoms with E-state index in [2.05, 4.69) is 119 Å². The monoisotopic (exact) mass is 553 g/mol. The first-order valence-corrected chi connectivity index (χ1v) is 14.4. The summed E-state index contributed by atoms with van der Waals surface area (Å²) in [4.78, 5) is 9.07. The van der Waals surface area contributed by atoms with E-state index in [9.17, 15) is 0 Å². The highest BCUT2D eigenvalue weighted by Crippen LogP contribution is 2.37. The van der Waals surface area contributed by atoms with Crippen molar-refractivity contribution >= 4 is 56.3 Å². The van der Waals surface area contributed by atoms with Crippen LogP contribution in [-0.2, 0) is 6.54 Å². The van der Waals surface area contributed by atoms with Gasteiger partial charge in [0.25, 0.3) is 0 Å². The zero-order chi connectivity index (χ0) is 28.8. The quantitative estimate of drug-likeness (QED) is 0.154. The Balaban J connectivity index is 1.24.